The lowest BCUT2D eigenvalue weighted by Gasteiger charge is -2.23. The highest BCUT2D eigenvalue weighted by atomic mass is 32.1. The van der Waals surface area contributed by atoms with Gasteiger partial charge >= 0.3 is 0 Å². The summed E-state index contributed by atoms with van der Waals surface area (Å²) < 4.78 is 16.3. The van der Waals surface area contributed by atoms with Crippen LogP contribution in [0.4, 0.5) is 0 Å². The number of ether oxygens (including phenoxy) is 3. The van der Waals surface area contributed by atoms with Crippen molar-refractivity contribution in [2.75, 3.05) is 27.4 Å². The molecule has 0 bridgehead atoms. The quantitative estimate of drug-likeness (QED) is 0.643. The largest absolute Gasteiger partial charge is 0.497 e. The molecule has 144 valence electrons. The van der Waals surface area contributed by atoms with Gasteiger partial charge in [0.15, 0.2) is 0 Å². The minimum Gasteiger partial charge on any atom is -0.497 e. The predicted molar refractivity (Wildman–Crippen MR) is 107 cm³/mol. The first-order valence-electron chi connectivity index (χ1n) is 9.02. The molecule has 1 aromatic carbocycles. The van der Waals surface area contributed by atoms with Gasteiger partial charge in [0.05, 0.1) is 26.9 Å². The number of carbonyl (C=O) groups excluding carboxylic acids is 1. The van der Waals surface area contributed by atoms with Crippen molar-refractivity contribution < 1.29 is 19.0 Å². The Morgan fingerprint density at radius 2 is 2.07 bits per heavy atom. The highest BCUT2D eigenvalue weighted by Gasteiger charge is 2.22. The zero-order valence-corrected chi connectivity index (χ0v) is 16.5. The molecule has 2 aromatic rings. The average Bonchev–Trinajstić information content (AvgIpc) is 3.39. The predicted octanol–water partition coefficient (Wildman–Crippen LogP) is 3.99. The van der Waals surface area contributed by atoms with Crippen LogP contribution in [0.5, 0.6) is 11.5 Å². The molecular formula is C21H25NO4S. The number of hydrogen-bond acceptors (Lipinski definition) is 5. The second-order valence-electron chi connectivity index (χ2n) is 6.41. The highest BCUT2D eigenvalue weighted by molar-refractivity contribution is 7.09. The van der Waals surface area contributed by atoms with Crippen molar-refractivity contribution in [3.8, 4) is 11.5 Å². The summed E-state index contributed by atoms with van der Waals surface area (Å²) in [6.45, 7) is 2.00. The van der Waals surface area contributed by atoms with Crippen molar-refractivity contribution >= 4 is 23.3 Å². The number of carbonyl (C=O) groups is 1. The Bertz CT molecular complexity index is 744. The van der Waals surface area contributed by atoms with E-state index in [2.05, 4.69) is 6.07 Å². The number of hydrogen-bond donors (Lipinski definition) is 0. The van der Waals surface area contributed by atoms with Gasteiger partial charge in [-0.25, -0.2) is 0 Å². The highest BCUT2D eigenvalue weighted by Crippen LogP contribution is 2.23. The maximum Gasteiger partial charge on any atom is 0.246 e. The third kappa shape index (κ3) is 5.58. The molecule has 2 heterocycles. The molecule has 1 aliphatic rings. The maximum atomic E-state index is 12.9. The van der Waals surface area contributed by atoms with Gasteiger partial charge in [-0.2, -0.15) is 0 Å². The number of methoxy groups -OCH3 is 2. The zero-order valence-electron chi connectivity index (χ0n) is 15.7. The summed E-state index contributed by atoms with van der Waals surface area (Å²) in [5.74, 6) is 1.35. The van der Waals surface area contributed by atoms with Gasteiger partial charge in [-0.15, -0.1) is 11.3 Å². The lowest BCUT2D eigenvalue weighted by molar-refractivity contribution is -0.128. The molecule has 1 fully saturated rings. The summed E-state index contributed by atoms with van der Waals surface area (Å²) in [6.07, 6.45) is 5.59. The Hall–Kier alpha value is -2.31. The Kier molecular flexibility index (Phi) is 6.90. The molecule has 0 aliphatic carbocycles. The van der Waals surface area contributed by atoms with E-state index in [-0.39, 0.29) is 12.0 Å². The smallest absolute Gasteiger partial charge is 0.246 e. The van der Waals surface area contributed by atoms with Crippen LogP contribution in [0.1, 0.15) is 23.3 Å². The van der Waals surface area contributed by atoms with E-state index in [1.54, 1.807) is 43.8 Å². The van der Waals surface area contributed by atoms with Gasteiger partial charge in [0.2, 0.25) is 5.91 Å². The van der Waals surface area contributed by atoms with E-state index < -0.39 is 0 Å². The fourth-order valence-electron chi connectivity index (χ4n) is 3.06. The van der Waals surface area contributed by atoms with Gasteiger partial charge in [0.25, 0.3) is 0 Å². The Labute approximate surface area is 164 Å². The van der Waals surface area contributed by atoms with E-state index >= 15 is 0 Å². The first kappa shape index (κ1) is 19.5. The molecule has 0 spiro atoms. The molecule has 1 amide bonds. The standard InChI is InChI=1S/C21H25NO4S/c1-24-18-11-16(12-19(13-18)25-2)7-8-21(23)22(14-17-5-3-9-26-17)15-20-6-4-10-27-20/h4,6-8,10-13,17H,3,5,9,14-15H2,1-2H3/b8-7+. The molecule has 1 unspecified atom stereocenters. The zero-order chi connectivity index (χ0) is 19.1. The fraction of sp³-hybridized carbons (Fsp3) is 0.381. The van der Waals surface area contributed by atoms with Crippen LogP contribution in [0, 0.1) is 0 Å². The molecule has 0 saturated carbocycles. The molecule has 3 rings (SSSR count). The van der Waals surface area contributed by atoms with E-state index in [4.69, 9.17) is 14.2 Å². The van der Waals surface area contributed by atoms with Crippen molar-refractivity contribution in [3.05, 3.63) is 52.2 Å². The van der Waals surface area contributed by atoms with Gasteiger partial charge in [-0.3, -0.25) is 4.79 Å². The van der Waals surface area contributed by atoms with Crippen LogP contribution in [-0.4, -0.2) is 44.3 Å². The van der Waals surface area contributed by atoms with Gasteiger partial charge in [0, 0.05) is 30.2 Å². The third-order valence-electron chi connectivity index (χ3n) is 4.48. The summed E-state index contributed by atoms with van der Waals surface area (Å²) in [5, 5.41) is 2.03. The van der Waals surface area contributed by atoms with Crippen molar-refractivity contribution in [3.63, 3.8) is 0 Å². The fourth-order valence-corrected chi connectivity index (χ4v) is 3.78. The molecule has 27 heavy (non-hydrogen) atoms. The summed E-state index contributed by atoms with van der Waals surface area (Å²) in [6, 6.07) is 9.61. The number of amides is 1. The minimum absolute atomic E-state index is 0.0271. The lowest BCUT2D eigenvalue weighted by Crippen LogP contribution is -2.35. The van der Waals surface area contributed by atoms with Gasteiger partial charge in [0.1, 0.15) is 11.5 Å². The average molecular weight is 388 g/mol. The van der Waals surface area contributed by atoms with Crippen LogP contribution in [0.3, 0.4) is 0 Å². The SMILES string of the molecule is COc1cc(/C=C/C(=O)N(Cc2cccs2)CC2CCCO2)cc(OC)c1. The van der Waals surface area contributed by atoms with E-state index in [0.717, 1.165) is 29.9 Å². The van der Waals surface area contributed by atoms with Crippen molar-refractivity contribution in [2.45, 2.75) is 25.5 Å². The summed E-state index contributed by atoms with van der Waals surface area (Å²) in [4.78, 5) is 15.9. The van der Waals surface area contributed by atoms with Crippen molar-refractivity contribution in [1.82, 2.24) is 4.90 Å². The molecule has 1 atom stereocenters. The summed E-state index contributed by atoms with van der Waals surface area (Å²) >= 11 is 1.66. The Morgan fingerprint density at radius 3 is 2.67 bits per heavy atom. The summed E-state index contributed by atoms with van der Waals surface area (Å²) in [7, 11) is 3.22. The second kappa shape index (κ2) is 9.58. The van der Waals surface area contributed by atoms with E-state index in [0.29, 0.717) is 24.6 Å². The molecule has 1 saturated heterocycles. The lowest BCUT2D eigenvalue weighted by atomic mass is 10.1. The van der Waals surface area contributed by atoms with Crippen LogP contribution in [0.2, 0.25) is 0 Å². The van der Waals surface area contributed by atoms with Crippen LogP contribution in [0.15, 0.2) is 41.8 Å². The van der Waals surface area contributed by atoms with Gasteiger partial charge in [-0.1, -0.05) is 6.07 Å². The monoisotopic (exact) mass is 387 g/mol. The minimum atomic E-state index is -0.0271. The normalized spacial score (nSPS) is 16.6. The summed E-state index contributed by atoms with van der Waals surface area (Å²) in [5.41, 5.74) is 0.854. The first-order chi connectivity index (χ1) is 13.2. The number of thiophene rings is 1. The van der Waals surface area contributed by atoms with E-state index in [1.807, 2.05) is 28.5 Å². The van der Waals surface area contributed by atoms with Crippen LogP contribution in [0.25, 0.3) is 6.08 Å². The molecule has 5 nitrogen and oxygen atoms in total. The van der Waals surface area contributed by atoms with Crippen LogP contribution < -0.4 is 9.47 Å². The molecule has 0 N–H and O–H groups in total. The number of nitrogens with zero attached hydrogens (tertiary/aromatic N) is 1. The van der Waals surface area contributed by atoms with Crippen LogP contribution >= 0.6 is 11.3 Å². The maximum absolute atomic E-state index is 12.9. The molecule has 1 aromatic heterocycles. The molecule has 0 radical (unpaired) electrons. The van der Waals surface area contributed by atoms with Crippen LogP contribution in [-0.2, 0) is 16.1 Å². The third-order valence-corrected chi connectivity index (χ3v) is 5.34. The van der Waals surface area contributed by atoms with Crippen molar-refractivity contribution in [1.29, 1.82) is 0 Å². The number of benzene rings is 1. The van der Waals surface area contributed by atoms with E-state index in [9.17, 15) is 4.79 Å². The van der Waals surface area contributed by atoms with Crippen molar-refractivity contribution in [2.24, 2.45) is 0 Å². The number of rotatable bonds is 8. The van der Waals surface area contributed by atoms with Gasteiger partial charge in [-0.05, 0) is 48.1 Å². The molecule has 1 aliphatic heterocycles. The molecular weight excluding hydrogens is 362 g/mol. The Morgan fingerprint density at radius 1 is 1.30 bits per heavy atom. The molecule has 6 heteroatoms. The second-order valence-corrected chi connectivity index (χ2v) is 7.44. The van der Waals surface area contributed by atoms with Gasteiger partial charge < -0.3 is 19.1 Å². The first-order valence-corrected chi connectivity index (χ1v) is 9.90. The topological polar surface area (TPSA) is 48.0 Å². The van der Waals surface area contributed by atoms with E-state index in [1.165, 1.54) is 0 Å². The Balaban J connectivity index is 1.73.